The smallest absolute Gasteiger partial charge is 0.0717 e. The number of benzene rings is 1. The van der Waals surface area contributed by atoms with E-state index in [1.807, 2.05) is 0 Å². The number of rotatable bonds is 5. The summed E-state index contributed by atoms with van der Waals surface area (Å²) >= 11 is 2.32. The van der Waals surface area contributed by atoms with Gasteiger partial charge in [0.15, 0.2) is 0 Å². The molecule has 1 rings (SSSR count). The summed E-state index contributed by atoms with van der Waals surface area (Å²) in [5.41, 5.74) is 1.26. The third-order valence-electron chi connectivity index (χ3n) is 2.00. The van der Waals surface area contributed by atoms with Crippen LogP contribution >= 0.6 is 22.6 Å². The van der Waals surface area contributed by atoms with Gasteiger partial charge in [0, 0.05) is 10.2 Å². The van der Waals surface area contributed by atoms with Crippen molar-refractivity contribution >= 4 is 22.6 Å². The van der Waals surface area contributed by atoms with E-state index < -0.39 is 0 Å². The lowest BCUT2D eigenvalue weighted by Gasteiger charge is -2.06. The molecule has 78 valence electrons. The minimum absolute atomic E-state index is 0.728. The average Bonchev–Trinajstić information content (AvgIpc) is 2.12. The monoisotopic (exact) mass is 304 g/mol. The van der Waals surface area contributed by atoms with E-state index in [-0.39, 0.29) is 0 Å². The second-order valence-electron chi connectivity index (χ2n) is 3.87. The standard InChI is InChI=1S/C12H17IO/c1-10(2)6-7-14-9-11-4-3-5-12(13)8-11/h3-5,8,10H,6-7,9H2,1-2H3. The molecule has 0 heterocycles. The molecule has 0 atom stereocenters. The predicted molar refractivity (Wildman–Crippen MR) is 68.3 cm³/mol. The van der Waals surface area contributed by atoms with Crippen LogP contribution in [-0.2, 0) is 11.3 Å². The number of halogens is 1. The molecule has 0 spiro atoms. The highest BCUT2D eigenvalue weighted by Crippen LogP contribution is 2.09. The van der Waals surface area contributed by atoms with Crippen molar-refractivity contribution in [3.05, 3.63) is 33.4 Å². The Morgan fingerprint density at radius 2 is 2.14 bits per heavy atom. The number of hydrogen-bond acceptors (Lipinski definition) is 1. The summed E-state index contributed by atoms with van der Waals surface area (Å²) in [5.74, 6) is 0.728. The molecule has 0 bridgehead atoms. The molecule has 0 saturated heterocycles. The molecule has 1 nitrogen and oxygen atoms in total. The van der Waals surface area contributed by atoms with Crippen LogP contribution in [0.25, 0.3) is 0 Å². The normalized spacial score (nSPS) is 10.9. The minimum Gasteiger partial charge on any atom is -0.377 e. The van der Waals surface area contributed by atoms with E-state index in [1.165, 1.54) is 9.13 Å². The zero-order chi connectivity index (χ0) is 10.4. The molecule has 1 aromatic rings. The number of ether oxygens (including phenoxy) is 1. The topological polar surface area (TPSA) is 9.23 Å². The first kappa shape index (κ1) is 12.0. The van der Waals surface area contributed by atoms with Crippen LogP contribution in [-0.4, -0.2) is 6.61 Å². The van der Waals surface area contributed by atoms with Gasteiger partial charge in [-0.25, -0.2) is 0 Å². The molecule has 0 aliphatic heterocycles. The Labute approximate surface area is 100.0 Å². The Morgan fingerprint density at radius 1 is 1.36 bits per heavy atom. The maximum Gasteiger partial charge on any atom is 0.0717 e. The fourth-order valence-electron chi connectivity index (χ4n) is 1.14. The van der Waals surface area contributed by atoms with E-state index in [1.54, 1.807) is 0 Å². The van der Waals surface area contributed by atoms with E-state index in [9.17, 15) is 0 Å². The van der Waals surface area contributed by atoms with Gasteiger partial charge in [-0.2, -0.15) is 0 Å². The van der Waals surface area contributed by atoms with Crippen molar-refractivity contribution in [2.45, 2.75) is 26.9 Å². The highest BCUT2D eigenvalue weighted by Gasteiger charge is 1.96. The van der Waals surface area contributed by atoms with Crippen LogP contribution < -0.4 is 0 Å². The molecule has 2 heteroatoms. The second kappa shape index (κ2) is 6.40. The first-order valence-electron chi connectivity index (χ1n) is 5.00. The Kier molecular flexibility index (Phi) is 5.48. The van der Waals surface area contributed by atoms with Crippen LogP contribution in [0.1, 0.15) is 25.8 Å². The van der Waals surface area contributed by atoms with Gasteiger partial charge < -0.3 is 4.74 Å². The van der Waals surface area contributed by atoms with Crippen molar-refractivity contribution in [1.29, 1.82) is 0 Å². The maximum absolute atomic E-state index is 5.58. The largest absolute Gasteiger partial charge is 0.377 e. The maximum atomic E-state index is 5.58. The molecule has 0 radical (unpaired) electrons. The van der Waals surface area contributed by atoms with Gasteiger partial charge in [0.2, 0.25) is 0 Å². The lowest BCUT2D eigenvalue weighted by molar-refractivity contribution is 0.110. The SMILES string of the molecule is CC(C)CCOCc1cccc(I)c1. The highest BCUT2D eigenvalue weighted by atomic mass is 127. The van der Waals surface area contributed by atoms with Crippen molar-refractivity contribution in [2.24, 2.45) is 5.92 Å². The van der Waals surface area contributed by atoms with E-state index in [0.717, 1.165) is 25.6 Å². The third kappa shape index (κ3) is 4.96. The van der Waals surface area contributed by atoms with Gasteiger partial charge in [-0.3, -0.25) is 0 Å². The fraction of sp³-hybridized carbons (Fsp3) is 0.500. The van der Waals surface area contributed by atoms with Crippen molar-refractivity contribution in [1.82, 2.24) is 0 Å². The quantitative estimate of drug-likeness (QED) is 0.593. The molecule has 0 unspecified atom stereocenters. The third-order valence-corrected chi connectivity index (χ3v) is 2.67. The van der Waals surface area contributed by atoms with Gasteiger partial charge in [-0.1, -0.05) is 26.0 Å². The Hall–Kier alpha value is -0.0900. The summed E-state index contributed by atoms with van der Waals surface area (Å²) < 4.78 is 6.85. The predicted octanol–water partition coefficient (Wildman–Crippen LogP) is 3.85. The fourth-order valence-corrected chi connectivity index (χ4v) is 1.74. The van der Waals surface area contributed by atoms with Crippen LogP contribution in [0.3, 0.4) is 0 Å². The van der Waals surface area contributed by atoms with Crippen molar-refractivity contribution in [3.63, 3.8) is 0 Å². The molecule has 1 aromatic carbocycles. The number of hydrogen-bond donors (Lipinski definition) is 0. The molecular formula is C12H17IO. The molecular weight excluding hydrogens is 287 g/mol. The van der Waals surface area contributed by atoms with Crippen molar-refractivity contribution < 1.29 is 4.74 Å². The average molecular weight is 304 g/mol. The van der Waals surface area contributed by atoms with E-state index in [4.69, 9.17) is 4.74 Å². The van der Waals surface area contributed by atoms with Crippen molar-refractivity contribution in [2.75, 3.05) is 6.61 Å². The van der Waals surface area contributed by atoms with Crippen LogP contribution in [0.4, 0.5) is 0 Å². The zero-order valence-corrected chi connectivity index (χ0v) is 11.0. The summed E-state index contributed by atoms with van der Waals surface area (Å²) in [6.45, 7) is 6.04. The highest BCUT2D eigenvalue weighted by molar-refractivity contribution is 14.1. The van der Waals surface area contributed by atoms with Crippen LogP contribution in [0, 0.1) is 9.49 Å². The Balaban J connectivity index is 2.25. The molecule has 0 fully saturated rings. The summed E-state index contributed by atoms with van der Waals surface area (Å²) in [5, 5.41) is 0. The molecule has 0 N–H and O–H groups in total. The summed E-state index contributed by atoms with van der Waals surface area (Å²) in [6, 6.07) is 8.44. The van der Waals surface area contributed by atoms with E-state index in [0.29, 0.717) is 0 Å². The Morgan fingerprint density at radius 3 is 2.79 bits per heavy atom. The van der Waals surface area contributed by atoms with Crippen molar-refractivity contribution in [3.8, 4) is 0 Å². The molecule has 0 amide bonds. The van der Waals surface area contributed by atoms with Gasteiger partial charge in [0.25, 0.3) is 0 Å². The van der Waals surface area contributed by atoms with Crippen LogP contribution in [0.2, 0.25) is 0 Å². The van der Waals surface area contributed by atoms with Gasteiger partial charge in [-0.05, 0) is 52.6 Å². The summed E-state index contributed by atoms with van der Waals surface area (Å²) in [6.07, 6.45) is 1.14. The first-order chi connectivity index (χ1) is 6.68. The summed E-state index contributed by atoms with van der Waals surface area (Å²) in [7, 11) is 0. The van der Waals surface area contributed by atoms with E-state index in [2.05, 4.69) is 60.7 Å². The summed E-state index contributed by atoms with van der Waals surface area (Å²) in [4.78, 5) is 0. The second-order valence-corrected chi connectivity index (χ2v) is 5.11. The zero-order valence-electron chi connectivity index (χ0n) is 8.79. The van der Waals surface area contributed by atoms with Crippen LogP contribution in [0.5, 0.6) is 0 Å². The van der Waals surface area contributed by atoms with Gasteiger partial charge >= 0.3 is 0 Å². The molecule has 14 heavy (non-hydrogen) atoms. The molecule has 0 saturated carbocycles. The molecule has 0 aromatic heterocycles. The van der Waals surface area contributed by atoms with Gasteiger partial charge in [0.1, 0.15) is 0 Å². The first-order valence-corrected chi connectivity index (χ1v) is 6.08. The van der Waals surface area contributed by atoms with E-state index >= 15 is 0 Å². The minimum atomic E-state index is 0.728. The lowest BCUT2D eigenvalue weighted by atomic mass is 10.1. The molecule has 0 aliphatic carbocycles. The van der Waals surface area contributed by atoms with Gasteiger partial charge in [0.05, 0.1) is 6.61 Å². The lowest BCUT2D eigenvalue weighted by Crippen LogP contribution is -1.99. The Bertz CT molecular complexity index is 271. The van der Waals surface area contributed by atoms with Crippen LogP contribution in [0.15, 0.2) is 24.3 Å². The molecule has 0 aliphatic rings. The van der Waals surface area contributed by atoms with Gasteiger partial charge in [-0.15, -0.1) is 0 Å².